The minimum atomic E-state index is -0.795. The molecule has 0 aliphatic heterocycles. The van der Waals surface area contributed by atoms with Crippen molar-refractivity contribution in [3.05, 3.63) is 66.6 Å². The molecule has 1 amide bonds. The van der Waals surface area contributed by atoms with E-state index in [2.05, 4.69) is 5.32 Å². The minimum Gasteiger partial charge on any atom is -0.370 e. The van der Waals surface area contributed by atoms with E-state index in [1.165, 1.54) is 9.13 Å². The highest BCUT2D eigenvalue weighted by Crippen LogP contribution is 2.32. The van der Waals surface area contributed by atoms with Crippen molar-refractivity contribution in [3.8, 4) is 0 Å². The lowest BCUT2D eigenvalue weighted by Gasteiger charge is -2.24. The average Bonchev–Trinajstić information content (AvgIpc) is 2.97. The van der Waals surface area contributed by atoms with Gasteiger partial charge in [0.05, 0.1) is 43.9 Å². The number of aryl methyl sites for hydroxylation is 2. The first-order chi connectivity index (χ1) is 15.1. The van der Waals surface area contributed by atoms with Gasteiger partial charge < -0.3 is 10.2 Å². The normalized spacial score (nSPS) is 10.9. The number of rotatable bonds is 7. The molecule has 2 aromatic carbocycles. The molecule has 0 spiro atoms. The summed E-state index contributed by atoms with van der Waals surface area (Å²) in [6.07, 6.45) is 0. The minimum absolute atomic E-state index is 0.224. The number of nitrogens with one attached hydrogen (secondary N) is 1. The smallest absolute Gasteiger partial charge is 0.328 e. The molecule has 0 aliphatic carbocycles. The Labute approximate surface area is 182 Å². The van der Waals surface area contributed by atoms with Gasteiger partial charge in [0.25, 0.3) is 17.3 Å². The molecule has 1 heterocycles. The first-order valence-corrected chi connectivity index (χ1v) is 9.78. The topological polar surface area (TPSA) is 146 Å². The van der Waals surface area contributed by atoms with E-state index in [4.69, 9.17) is 0 Å². The fraction of sp³-hybridized carbons (Fsp3) is 0.300. The van der Waals surface area contributed by atoms with Gasteiger partial charge in [0.2, 0.25) is 0 Å². The van der Waals surface area contributed by atoms with Crippen LogP contribution in [0.3, 0.4) is 0 Å². The number of aromatic nitrogens is 2. The number of amides is 1. The van der Waals surface area contributed by atoms with Crippen LogP contribution in [0.25, 0.3) is 11.0 Å². The van der Waals surface area contributed by atoms with Crippen molar-refractivity contribution in [2.45, 2.75) is 13.8 Å². The molecule has 0 radical (unpaired) electrons. The molecule has 0 aliphatic rings. The highest BCUT2D eigenvalue weighted by atomic mass is 16.6. The second-order valence-electron chi connectivity index (χ2n) is 7.14. The Morgan fingerprint density at radius 2 is 1.44 bits per heavy atom. The van der Waals surface area contributed by atoms with Gasteiger partial charge in [-0.05, 0) is 26.0 Å². The van der Waals surface area contributed by atoms with Gasteiger partial charge in [-0.25, -0.2) is 4.79 Å². The number of anilines is 2. The molecule has 0 bridgehead atoms. The van der Waals surface area contributed by atoms with Crippen LogP contribution < -0.4 is 15.9 Å². The first-order valence-electron chi connectivity index (χ1n) is 9.78. The van der Waals surface area contributed by atoms with Crippen LogP contribution in [0.15, 0.2) is 35.1 Å². The fourth-order valence-electron chi connectivity index (χ4n) is 3.59. The number of nitro benzene ring substituents is 2. The summed E-state index contributed by atoms with van der Waals surface area (Å²) >= 11 is 0. The molecule has 0 saturated carbocycles. The van der Waals surface area contributed by atoms with Gasteiger partial charge >= 0.3 is 5.69 Å². The Morgan fingerprint density at radius 3 is 1.91 bits per heavy atom. The number of carbonyl (C=O) groups is 1. The van der Waals surface area contributed by atoms with E-state index >= 15 is 0 Å². The van der Waals surface area contributed by atoms with E-state index in [9.17, 15) is 29.8 Å². The number of benzene rings is 2. The number of non-ortho nitro benzene ring substituents is 2. The maximum atomic E-state index is 13.0. The number of imidazole rings is 1. The largest absolute Gasteiger partial charge is 0.370 e. The lowest BCUT2D eigenvalue weighted by molar-refractivity contribution is -0.394. The summed E-state index contributed by atoms with van der Waals surface area (Å²) in [4.78, 5) is 48.0. The second kappa shape index (κ2) is 8.49. The van der Waals surface area contributed by atoms with E-state index in [-0.39, 0.29) is 11.3 Å². The molecular formula is C20H22N6O6. The van der Waals surface area contributed by atoms with Gasteiger partial charge in [0, 0.05) is 39.3 Å². The number of fused-ring (bicyclic) bond motifs is 1. The van der Waals surface area contributed by atoms with Crippen LogP contribution in [0.5, 0.6) is 0 Å². The lowest BCUT2D eigenvalue weighted by Crippen LogP contribution is -2.24. The molecule has 1 aromatic heterocycles. The summed E-state index contributed by atoms with van der Waals surface area (Å²) in [5.74, 6) is -0.745. The molecule has 32 heavy (non-hydrogen) atoms. The molecule has 0 fully saturated rings. The fourth-order valence-corrected chi connectivity index (χ4v) is 3.59. The highest BCUT2D eigenvalue weighted by molar-refractivity contribution is 6.08. The molecule has 0 atom stereocenters. The summed E-state index contributed by atoms with van der Waals surface area (Å²) in [5, 5.41) is 25.0. The Morgan fingerprint density at radius 1 is 0.938 bits per heavy atom. The molecular weight excluding hydrogens is 420 g/mol. The van der Waals surface area contributed by atoms with Crippen LogP contribution in [0.4, 0.5) is 22.7 Å². The van der Waals surface area contributed by atoms with Crippen molar-refractivity contribution in [1.29, 1.82) is 0 Å². The molecule has 12 heteroatoms. The van der Waals surface area contributed by atoms with Crippen molar-refractivity contribution >= 4 is 39.7 Å². The summed E-state index contributed by atoms with van der Waals surface area (Å²) in [5.41, 5.74) is 0.695. The zero-order valence-electron chi connectivity index (χ0n) is 18.0. The SMILES string of the molecule is CCN(CC)c1cc2c(cc1NC(=O)c1cc([N+](=O)[O-])cc([N+](=O)[O-])c1)n(C)c(=O)n2C. The van der Waals surface area contributed by atoms with Gasteiger partial charge in [-0.3, -0.25) is 34.2 Å². The van der Waals surface area contributed by atoms with Gasteiger partial charge in [-0.1, -0.05) is 0 Å². The molecule has 3 rings (SSSR count). The number of nitrogens with zero attached hydrogens (tertiary/aromatic N) is 5. The number of nitro groups is 2. The molecule has 1 N–H and O–H groups in total. The third-order valence-corrected chi connectivity index (χ3v) is 5.33. The van der Waals surface area contributed by atoms with Gasteiger partial charge in [0.15, 0.2) is 0 Å². The van der Waals surface area contributed by atoms with Crippen molar-refractivity contribution < 1.29 is 14.6 Å². The number of carbonyl (C=O) groups excluding carboxylic acids is 1. The number of hydrogen-bond acceptors (Lipinski definition) is 7. The number of hydrogen-bond donors (Lipinski definition) is 1. The van der Waals surface area contributed by atoms with E-state index in [1.807, 2.05) is 18.7 Å². The zero-order valence-corrected chi connectivity index (χ0v) is 18.0. The van der Waals surface area contributed by atoms with E-state index in [0.717, 1.165) is 18.2 Å². The highest BCUT2D eigenvalue weighted by Gasteiger charge is 2.22. The van der Waals surface area contributed by atoms with Gasteiger partial charge in [-0.15, -0.1) is 0 Å². The monoisotopic (exact) mass is 442 g/mol. The third-order valence-electron chi connectivity index (χ3n) is 5.33. The lowest BCUT2D eigenvalue weighted by atomic mass is 10.1. The third kappa shape index (κ3) is 3.89. The van der Waals surface area contributed by atoms with Crippen molar-refractivity contribution in [2.24, 2.45) is 14.1 Å². The molecule has 0 unspecified atom stereocenters. The average molecular weight is 442 g/mol. The standard InChI is InChI=1S/C20H22N6O6/c1-5-24(6-2)16-11-18-17(22(3)20(28)23(18)4)10-15(16)21-19(27)12-7-13(25(29)30)9-14(8-12)26(31)32/h7-11H,5-6H2,1-4H3,(H,21,27). The van der Waals surface area contributed by atoms with Crippen LogP contribution in [-0.4, -0.2) is 38.0 Å². The van der Waals surface area contributed by atoms with Crippen LogP contribution in [-0.2, 0) is 14.1 Å². The van der Waals surface area contributed by atoms with E-state index in [0.29, 0.717) is 35.5 Å². The van der Waals surface area contributed by atoms with Crippen molar-refractivity contribution in [2.75, 3.05) is 23.3 Å². The van der Waals surface area contributed by atoms with Crippen molar-refractivity contribution in [1.82, 2.24) is 9.13 Å². The Bertz CT molecular complexity index is 1270. The van der Waals surface area contributed by atoms with Crippen molar-refractivity contribution in [3.63, 3.8) is 0 Å². The predicted molar refractivity (Wildman–Crippen MR) is 119 cm³/mol. The van der Waals surface area contributed by atoms with Crippen LogP contribution in [0.2, 0.25) is 0 Å². The summed E-state index contributed by atoms with van der Waals surface area (Å²) < 4.78 is 2.94. The Balaban J connectivity index is 2.15. The maximum absolute atomic E-state index is 13.0. The molecule has 168 valence electrons. The van der Waals surface area contributed by atoms with E-state index in [1.54, 1.807) is 26.2 Å². The summed E-state index contributed by atoms with van der Waals surface area (Å²) in [6.45, 7) is 5.11. The summed E-state index contributed by atoms with van der Waals surface area (Å²) in [6, 6.07) is 6.19. The Hall–Kier alpha value is -4.22. The zero-order chi connectivity index (χ0) is 23.7. The summed E-state index contributed by atoms with van der Waals surface area (Å²) in [7, 11) is 3.26. The van der Waals surface area contributed by atoms with Gasteiger partial charge in [0.1, 0.15) is 0 Å². The molecule has 3 aromatic rings. The van der Waals surface area contributed by atoms with E-state index < -0.39 is 27.1 Å². The maximum Gasteiger partial charge on any atom is 0.328 e. The van der Waals surface area contributed by atoms with Crippen LogP contribution in [0.1, 0.15) is 24.2 Å². The first kappa shape index (κ1) is 22.5. The quantitative estimate of drug-likeness (QED) is 0.437. The van der Waals surface area contributed by atoms with Crippen LogP contribution >= 0.6 is 0 Å². The Kier molecular flexibility index (Phi) is 5.96. The van der Waals surface area contributed by atoms with Crippen LogP contribution in [0, 0.1) is 20.2 Å². The predicted octanol–water partition coefficient (Wildman–Crippen LogP) is 2.79. The molecule has 0 saturated heterocycles. The molecule has 12 nitrogen and oxygen atoms in total. The van der Waals surface area contributed by atoms with Gasteiger partial charge in [-0.2, -0.15) is 0 Å². The second-order valence-corrected chi connectivity index (χ2v) is 7.14.